The second-order valence-electron chi connectivity index (χ2n) is 23.4. The van der Waals surface area contributed by atoms with Crippen molar-refractivity contribution in [1.29, 1.82) is 0 Å². The highest BCUT2D eigenvalue weighted by Gasteiger charge is 2.50. The maximum atomic E-state index is 13.2. The van der Waals surface area contributed by atoms with E-state index in [4.69, 9.17) is 23.7 Å². The van der Waals surface area contributed by atoms with Gasteiger partial charge in [-0.3, -0.25) is 14.4 Å². The summed E-state index contributed by atoms with van der Waals surface area (Å²) in [5.41, 5.74) is 0. The molecule has 1 heterocycles. The number of aliphatic hydroxyl groups excluding tert-OH is 2. The van der Waals surface area contributed by atoms with E-state index in [2.05, 4.69) is 81.5 Å². The number of unbranched alkanes of at least 4 members (excludes halogenated alkanes) is 35. The van der Waals surface area contributed by atoms with Crippen LogP contribution in [0.5, 0.6) is 0 Å². The average molecular weight is 1170 g/mol. The summed E-state index contributed by atoms with van der Waals surface area (Å²) < 4.78 is 28.6. The summed E-state index contributed by atoms with van der Waals surface area (Å²) in [7, 11) is 0. The van der Waals surface area contributed by atoms with Crippen molar-refractivity contribution < 1.29 is 58.2 Å². The zero-order chi connectivity index (χ0) is 60.3. The molecule has 0 aromatic carbocycles. The number of carbonyl (C=O) groups is 4. The van der Waals surface area contributed by atoms with Gasteiger partial charge in [0.1, 0.15) is 18.8 Å². The van der Waals surface area contributed by atoms with Gasteiger partial charge in [-0.2, -0.15) is 0 Å². The van der Waals surface area contributed by atoms with Crippen LogP contribution in [0.1, 0.15) is 316 Å². The molecule has 0 aromatic rings. The second-order valence-corrected chi connectivity index (χ2v) is 23.4. The number of esters is 3. The van der Waals surface area contributed by atoms with Crippen LogP contribution >= 0.6 is 0 Å². The second kappa shape index (κ2) is 58.8. The van der Waals surface area contributed by atoms with Gasteiger partial charge < -0.3 is 39.0 Å². The summed E-state index contributed by atoms with van der Waals surface area (Å²) >= 11 is 0. The predicted octanol–water partition coefficient (Wildman–Crippen LogP) is 18.7. The Morgan fingerprint density at radius 3 is 1.17 bits per heavy atom. The number of hydrogen-bond donors (Lipinski definition) is 3. The van der Waals surface area contributed by atoms with E-state index >= 15 is 0 Å². The molecule has 1 fully saturated rings. The topological polar surface area (TPSA) is 175 Å². The molecule has 1 rings (SSSR count). The maximum Gasteiger partial charge on any atom is 0.335 e. The molecule has 83 heavy (non-hydrogen) atoms. The molecular weight excluding hydrogens is 1040 g/mol. The van der Waals surface area contributed by atoms with Crippen LogP contribution in [0, 0.1) is 0 Å². The Hall–Kier alpha value is -3.58. The van der Waals surface area contributed by atoms with E-state index in [1.54, 1.807) is 0 Å². The van der Waals surface area contributed by atoms with Crippen LogP contribution in [0.25, 0.3) is 0 Å². The lowest BCUT2D eigenvalue weighted by Gasteiger charge is -2.40. The van der Waals surface area contributed by atoms with Gasteiger partial charge in [-0.1, -0.05) is 255 Å². The number of allylic oxidation sites excluding steroid dienone is 10. The lowest BCUT2D eigenvalue weighted by atomic mass is 9.98. The first-order valence-corrected chi connectivity index (χ1v) is 34.3. The lowest BCUT2D eigenvalue weighted by molar-refractivity contribution is -0.301. The summed E-state index contributed by atoms with van der Waals surface area (Å²) in [5, 5.41) is 31.6. The molecule has 0 spiro atoms. The Kier molecular flexibility index (Phi) is 54.8. The minimum absolute atomic E-state index is 0.0567. The summed E-state index contributed by atoms with van der Waals surface area (Å²) in [6.07, 6.45) is 61.8. The smallest absolute Gasteiger partial charge is 0.335 e. The molecule has 1 aliphatic rings. The standard InChI is InChI=1S/C71H124O12/c1-4-7-10-13-16-19-22-25-28-30-32-34-37-39-42-45-48-51-54-57-63(72)79-60-62(81-64(73)58-55-52-49-46-43-40-36-27-24-21-18-15-12-9-6-3)61-80-71-69(67(76)66(75)68(83-71)70(77)78)82-65(74)59-56-53-50-47-44-41-38-35-33-31-29-26-23-20-17-14-11-8-5-2/h9,12,18,21,25-29,36,62,66-69,71,75-76H,4-8,10-11,13-17,19-20,22-24,30-35,37-61H2,1-3H3,(H,77,78)/b12-9-,21-18-,28-25-,29-26-,36-27-. The molecule has 6 unspecified atom stereocenters. The Morgan fingerprint density at radius 1 is 0.410 bits per heavy atom. The highest BCUT2D eigenvalue weighted by atomic mass is 16.7. The maximum absolute atomic E-state index is 13.2. The van der Waals surface area contributed by atoms with E-state index in [1.807, 2.05) is 0 Å². The average Bonchev–Trinajstić information content (AvgIpc) is 3.60. The fourth-order valence-corrected chi connectivity index (χ4v) is 10.3. The van der Waals surface area contributed by atoms with Gasteiger partial charge in [-0.15, -0.1) is 0 Å². The fraction of sp³-hybridized carbons (Fsp3) is 0.803. The van der Waals surface area contributed by atoms with Crippen molar-refractivity contribution in [2.75, 3.05) is 13.2 Å². The molecule has 1 saturated heterocycles. The fourth-order valence-electron chi connectivity index (χ4n) is 10.3. The van der Waals surface area contributed by atoms with Crippen molar-refractivity contribution in [3.63, 3.8) is 0 Å². The lowest BCUT2D eigenvalue weighted by Crippen LogP contribution is -2.61. The Morgan fingerprint density at radius 2 is 0.759 bits per heavy atom. The predicted molar refractivity (Wildman–Crippen MR) is 340 cm³/mol. The normalized spacial score (nSPS) is 17.9. The number of ether oxygens (including phenoxy) is 5. The molecule has 12 nitrogen and oxygen atoms in total. The Labute approximate surface area is 506 Å². The van der Waals surface area contributed by atoms with Gasteiger partial charge in [0.2, 0.25) is 0 Å². The third-order valence-electron chi connectivity index (χ3n) is 15.5. The highest BCUT2D eigenvalue weighted by Crippen LogP contribution is 2.27. The number of carbonyl (C=O) groups excluding carboxylic acids is 3. The molecule has 0 aliphatic carbocycles. The van der Waals surface area contributed by atoms with Gasteiger partial charge in [-0.25, -0.2) is 4.79 Å². The van der Waals surface area contributed by atoms with Crippen molar-refractivity contribution in [2.24, 2.45) is 0 Å². The summed E-state index contributed by atoms with van der Waals surface area (Å²) in [6.45, 7) is 5.91. The van der Waals surface area contributed by atoms with Crippen LogP contribution < -0.4 is 0 Å². The van der Waals surface area contributed by atoms with Crippen molar-refractivity contribution in [2.45, 2.75) is 353 Å². The van der Waals surface area contributed by atoms with Gasteiger partial charge in [0, 0.05) is 19.3 Å². The van der Waals surface area contributed by atoms with E-state index in [-0.39, 0.29) is 25.9 Å². The first-order chi connectivity index (χ1) is 40.6. The van der Waals surface area contributed by atoms with Gasteiger partial charge in [-0.05, 0) is 103 Å². The SMILES string of the molecule is CC/C=C\C/C=C\C/C=C\CCCCCCCC(=O)OC(COC(=O)CCCCCCCCCCC/C=C\CCCCCCCC)COC1OC(C(=O)O)C(O)C(O)C1OC(=O)CCCCCCCCCCC/C=C\CCCCCCCC. The first-order valence-electron chi connectivity index (χ1n) is 34.3. The number of hydrogen-bond acceptors (Lipinski definition) is 11. The third kappa shape index (κ3) is 48.3. The number of aliphatic carboxylic acids is 1. The van der Waals surface area contributed by atoms with Crippen molar-refractivity contribution in [1.82, 2.24) is 0 Å². The van der Waals surface area contributed by atoms with E-state index in [9.17, 15) is 34.5 Å². The summed E-state index contributed by atoms with van der Waals surface area (Å²) in [5.74, 6) is -3.12. The van der Waals surface area contributed by atoms with Crippen molar-refractivity contribution >= 4 is 23.9 Å². The van der Waals surface area contributed by atoms with E-state index < -0.39 is 67.3 Å². The molecule has 0 amide bonds. The monoisotopic (exact) mass is 1170 g/mol. The zero-order valence-electron chi connectivity index (χ0n) is 53.2. The van der Waals surface area contributed by atoms with Crippen LogP contribution in [-0.4, -0.2) is 89.2 Å². The number of rotatable bonds is 59. The number of aliphatic hydroxyl groups is 2. The Balaban J connectivity index is 2.63. The third-order valence-corrected chi connectivity index (χ3v) is 15.5. The minimum Gasteiger partial charge on any atom is -0.479 e. The molecule has 0 bridgehead atoms. The summed E-state index contributed by atoms with van der Waals surface area (Å²) in [6, 6.07) is 0. The van der Waals surface area contributed by atoms with Crippen LogP contribution in [-0.2, 0) is 42.9 Å². The summed E-state index contributed by atoms with van der Waals surface area (Å²) in [4.78, 5) is 51.4. The largest absolute Gasteiger partial charge is 0.479 e. The highest BCUT2D eigenvalue weighted by molar-refractivity contribution is 5.74. The van der Waals surface area contributed by atoms with Crippen molar-refractivity contribution in [3.8, 4) is 0 Å². The van der Waals surface area contributed by atoms with Gasteiger partial charge in [0.15, 0.2) is 24.6 Å². The molecule has 12 heteroatoms. The zero-order valence-corrected chi connectivity index (χ0v) is 53.2. The van der Waals surface area contributed by atoms with Gasteiger partial charge in [0.25, 0.3) is 0 Å². The van der Waals surface area contributed by atoms with Crippen LogP contribution in [0.2, 0.25) is 0 Å². The van der Waals surface area contributed by atoms with E-state index in [1.165, 1.54) is 154 Å². The van der Waals surface area contributed by atoms with Gasteiger partial charge >= 0.3 is 23.9 Å². The van der Waals surface area contributed by atoms with Crippen LogP contribution in [0.4, 0.5) is 0 Å². The molecule has 0 aromatic heterocycles. The molecule has 3 N–H and O–H groups in total. The van der Waals surface area contributed by atoms with E-state index in [0.717, 1.165) is 103 Å². The van der Waals surface area contributed by atoms with Crippen molar-refractivity contribution in [3.05, 3.63) is 60.8 Å². The molecule has 1 aliphatic heterocycles. The van der Waals surface area contributed by atoms with Gasteiger partial charge in [0.05, 0.1) is 6.61 Å². The molecule has 480 valence electrons. The first kappa shape index (κ1) is 77.4. The molecule has 0 radical (unpaired) electrons. The molecule has 0 saturated carbocycles. The van der Waals surface area contributed by atoms with Crippen LogP contribution in [0.15, 0.2) is 60.8 Å². The van der Waals surface area contributed by atoms with Crippen LogP contribution in [0.3, 0.4) is 0 Å². The molecular formula is C71H124O12. The number of carboxylic acid groups (broad SMARTS) is 1. The Bertz CT molecular complexity index is 1670. The number of carboxylic acids is 1. The molecule has 6 atom stereocenters. The quantitative estimate of drug-likeness (QED) is 0.0228. The minimum atomic E-state index is -1.91. The van der Waals surface area contributed by atoms with E-state index in [0.29, 0.717) is 19.3 Å².